The summed E-state index contributed by atoms with van der Waals surface area (Å²) in [5.41, 5.74) is 8.03. The zero-order chi connectivity index (χ0) is 9.52. The van der Waals surface area contributed by atoms with E-state index in [1.807, 2.05) is 6.07 Å². The molecule has 0 bridgehead atoms. The maximum atomic E-state index is 10.8. The minimum absolute atomic E-state index is 0.117. The van der Waals surface area contributed by atoms with E-state index in [1.165, 1.54) is 0 Å². The van der Waals surface area contributed by atoms with E-state index < -0.39 is 0 Å². The Morgan fingerprint density at radius 3 is 2.77 bits per heavy atom. The lowest BCUT2D eigenvalue weighted by atomic mass is 10.3. The number of rotatable bonds is 4. The van der Waals surface area contributed by atoms with Crippen molar-refractivity contribution >= 4 is 12.0 Å². The first-order valence-electron chi connectivity index (χ1n) is 3.71. The molecule has 66 valence electrons. The van der Waals surface area contributed by atoms with Crippen LogP contribution in [0, 0.1) is 0 Å². The molecule has 0 heterocycles. The van der Waals surface area contributed by atoms with Gasteiger partial charge in [0.25, 0.3) is 5.78 Å². The maximum Gasteiger partial charge on any atom is 0.326 e. The minimum Gasteiger partial charge on any atom is -0.485 e. The van der Waals surface area contributed by atoms with E-state index in [0.29, 0.717) is 5.75 Å². The lowest BCUT2D eigenvalue weighted by Gasteiger charge is -2.00. The van der Waals surface area contributed by atoms with Crippen LogP contribution in [0.15, 0.2) is 30.3 Å². The van der Waals surface area contributed by atoms with E-state index in [1.54, 1.807) is 24.3 Å². The van der Waals surface area contributed by atoms with Crippen molar-refractivity contribution in [3.8, 4) is 5.75 Å². The van der Waals surface area contributed by atoms with Gasteiger partial charge in [0.15, 0.2) is 6.61 Å². The Morgan fingerprint density at radius 1 is 1.46 bits per heavy atom. The maximum absolute atomic E-state index is 10.8. The third-order valence-corrected chi connectivity index (χ3v) is 1.33. The first kappa shape index (κ1) is 9.16. The molecule has 0 N–H and O–H groups in total. The van der Waals surface area contributed by atoms with Crippen molar-refractivity contribution in [2.75, 3.05) is 6.61 Å². The zero-order valence-corrected chi connectivity index (χ0v) is 6.88. The van der Waals surface area contributed by atoms with E-state index >= 15 is 0 Å². The highest BCUT2D eigenvalue weighted by molar-refractivity contribution is 6.25. The monoisotopic (exact) mass is 176 g/mol. The Labute approximate surface area is 75.4 Å². The van der Waals surface area contributed by atoms with E-state index in [0.717, 1.165) is 6.21 Å². The number of carbonyl (C=O) groups is 1. The molecule has 0 aliphatic carbocycles. The van der Waals surface area contributed by atoms with Crippen molar-refractivity contribution < 1.29 is 14.3 Å². The molecular weight excluding hydrogens is 168 g/mol. The van der Waals surface area contributed by atoms with Crippen LogP contribution in [0.5, 0.6) is 5.75 Å². The highest BCUT2D eigenvalue weighted by atomic mass is 16.5. The summed E-state index contributed by atoms with van der Waals surface area (Å²) >= 11 is 0. The molecule has 1 rings (SSSR count). The topological polar surface area (TPSA) is 62.7 Å². The van der Waals surface area contributed by atoms with E-state index in [2.05, 4.69) is 4.79 Å². The van der Waals surface area contributed by atoms with Crippen LogP contribution >= 0.6 is 0 Å². The van der Waals surface area contributed by atoms with Gasteiger partial charge in [0.2, 0.25) is 0 Å². The average Bonchev–Trinajstić information content (AvgIpc) is 2.17. The van der Waals surface area contributed by atoms with Gasteiger partial charge in [0.05, 0.1) is 0 Å². The fourth-order valence-electron chi connectivity index (χ4n) is 0.773. The number of carbonyl (C=O) groups excluding carboxylic acids is 1. The van der Waals surface area contributed by atoms with Crippen LogP contribution < -0.4 is 4.74 Å². The van der Waals surface area contributed by atoms with Gasteiger partial charge in [-0.05, 0) is 12.1 Å². The predicted molar refractivity (Wildman–Crippen MR) is 46.6 cm³/mol. The molecular formula is C9H8N2O2. The second kappa shape index (κ2) is 4.85. The van der Waals surface area contributed by atoms with Crippen molar-refractivity contribution in [3.05, 3.63) is 35.9 Å². The molecule has 0 saturated heterocycles. The minimum atomic E-state index is -0.383. The fraction of sp³-hybridized carbons (Fsp3) is 0.111. The van der Waals surface area contributed by atoms with Gasteiger partial charge < -0.3 is 10.3 Å². The highest BCUT2D eigenvalue weighted by Gasteiger charge is 2.02. The predicted octanol–water partition coefficient (Wildman–Crippen LogP) is 0.935. The second-order valence-electron chi connectivity index (χ2n) is 2.31. The van der Waals surface area contributed by atoms with E-state index in [9.17, 15) is 4.79 Å². The van der Waals surface area contributed by atoms with E-state index in [4.69, 9.17) is 10.3 Å². The third kappa shape index (κ3) is 3.31. The van der Waals surface area contributed by atoms with Gasteiger partial charge in [0, 0.05) is 0 Å². The quantitative estimate of drug-likeness (QED) is 0.389. The molecule has 0 unspecified atom stereocenters. The number of hydrogen-bond donors (Lipinski definition) is 0. The summed E-state index contributed by atoms with van der Waals surface area (Å²) in [5.74, 6) is 0.230. The molecule has 4 nitrogen and oxygen atoms in total. The normalized spacial score (nSPS) is 8.62. The van der Waals surface area contributed by atoms with Crippen LogP contribution in [0.25, 0.3) is 5.53 Å². The lowest BCUT2D eigenvalue weighted by molar-refractivity contribution is -0.117. The molecule has 0 amide bonds. The number of Topliss-reactive ketones (excluding diaryl/α,β-unsaturated/α-hetero) is 1. The third-order valence-electron chi connectivity index (χ3n) is 1.33. The summed E-state index contributed by atoms with van der Waals surface area (Å²) < 4.78 is 5.07. The van der Waals surface area contributed by atoms with Crippen molar-refractivity contribution in [2.24, 2.45) is 0 Å². The molecule has 1 aromatic rings. The lowest BCUT2D eigenvalue weighted by Crippen LogP contribution is -2.12. The smallest absolute Gasteiger partial charge is 0.326 e. The summed E-state index contributed by atoms with van der Waals surface area (Å²) in [6.45, 7) is -0.117. The van der Waals surface area contributed by atoms with Crippen molar-refractivity contribution in [1.29, 1.82) is 0 Å². The molecule has 0 saturated carbocycles. The zero-order valence-electron chi connectivity index (χ0n) is 6.88. The van der Waals surface area contributed by atoms with Crippen molar-refractivity contribution in [3.63, 3.8) is 0 Å². The van der Waals surface area contributed by atoms with Gasteiger partial charge in [-0.25, -0.2) is 0 Å². The fourth-order valence-corrected chi connectivity index (χ4v) is 0.773. The van der Waals surface area contributed by atoms with Gasteiger partial charge >= 0.3 is 6.21 Å². The van der Waals surface area contributed by atoms with Crippen molar-refractivity contribution in [2.45, 2.75) is 0 Å². The van der Waals surface area contributed by atoms with Crippen LogP contribution in [-0.4, -0.2) is 23.4 Å². The molecule has 4 heteroatoms. The van der Waals surface area contributed by atoms with Gasteiger partial charge in [-0.15, -0.1) is 0 Å². The van der Waals surface area contributed by atoms with Gasteiger partial charge in [-0.3, -0.25) is 4.79 Å². The van der Waals surface area contributed by atoms with Gasteiger partial charge in [-0.1, -0.05) is 18.2 Å². The highest BCUT2D eigenvalue weighted by Crippen LogP contribution is 2.07. The number of para-hydroxylation sites is 1. The van der Waals surface area contributed by atoms with Crippen molar-refractivity contribution in [1.82, 2.24) is 0 Å². The SMILES string of the molecule is [N-]=[N+]=CC(=O)COc1ccccc1. The summed E-state index contributed by atoms with van der Waals surface area (Å²) in [4.78, 5) is 13.4. The molecule has 0 fully saturated rings. The van der Waals surface area contributed by atoms with Crippen LogP contribution in [0.2, 0.25) is 0 Å². The first-order chi connectivity index (χ1) is 6.33. The average molecular weight is 176 g/mol. The molecule has 0 aromatic heterocycles. The molecule has 0 radical (unpaired) electrons. The molecule has 0 spiro atoms. The van der Waals surface area contributed by atoms with Crippen LogP contribution in [0.1, 0.15) is 0 Å². The Morgan fingerprint density at radius 2 is 2.15 bits per heavy atom. The number of hydrogen-bond acceptors (Lipinski definition) is 2. The van der Waals surface area contributed by atoms with Gasteiger partial charge in [-0.2, -0.15) is 4.79 Å². The number of benzene rings is 1. The molecule has 1 aromatic carbocycles. The number of ketones is 1. The Hall–Kier alpha value is -1.93. The van der Waals surface area contributed by atoms with E-state index in [-0.39, 0.29) is 12.4 Å². The summed E-state index contributed by atoms with van der Waals surface area (Å²) in [6, 6.07) is 8.94. The Bertz CT molecular complexity index is 329. The van der Waals surface area contributed by atoms with Crippen LogP contribution in [-0.2, 0) is 4.79 Å². The largest absolute Gasteiger partial charge is 0.485 e. The second-order valence-corrected chi connectivity index (χ2v) is 2.31. The molecule has 0 atom stereocenters. The summed E-state index contributed by atoms with van der Waals surface area (Å²) in [6.07, 6.45) is 0.808. The molecule has 0 aliphatic rings. The molecule has 13 heavy (non-hydrogen) atoms. The van der Waals surface area contributed by atoms with Crippen LogP contribution in [0.4, 0.5) is 0 Å². The Kier molecular flexibility index (Phi) is 3.42. The molecule has 0 aliphatic heterocycles. The number of nitrogens with zero attached hydrogens (tertiary/aromatic N) is 2. The first-order valence-corrected chi connectivity index (χ1v) is 3.71. The standard InChI is InChI=1S/C9H8N2O2/c10-11-6-8(12)7-13-9-4-2-1-3-5-9/h1-6H,7H2. The number of ether oxygens (including phenoxy) is 1. The van der Waals surface area contributed by atoms with Crippen LogP contribution in [0.3, 0.4) is 0 Å². The van der Waals surface area contributed by atoms with Gasteiger partial charge in [0.1, 0.15) is 5.75 Å². The summed E-state index contributed by atoms with van der Waals surface area (Å²) in [7, 11) is 0. The summed E-state index contributed by atoms with van der Waals surface area (Å²) in [5, 5.41) is 0. The Balaban J connectivity index is 2.44.